The predicted octanol–water partition coefficient (Wildman–Crippen LogP) is 0.611. The van der Waals surface area contributed by atoms with E-state index < -0.39 is 0 Å². The minimum absolute atomic E-state index is 0.0565. The zero-order valence-corrected chi connectivity index (χ0v) is 14.1. The molecule has 0 unspecified atom stereocenters. The molecule has 25 heavy (non-hydrogen) atoms. The number of aromatic nitrogens is 2. The lowest BCUT2D eigenvalue weighted by atomic mass is 10.0. The van der Waals surface area contributed by atoms with Crippen LogP contribution in [-0.2, 0) is 11.3 Å². The van der Waals surface area contributed by atoms with Crippen molar-refractivity contribution < 1.29 is 9.59 Å². The summed E-state index contributed by atoms with van der Waals surface area (Å²) in [6.45, 7) is 2.53. The van der Waals surface area contributed by atoms with Crippen LogP contribution in [0, 0.1) is 0 Å². The molecule has 1 aliphatic rings. The number of nitrogens with two attached hydrogens (primary N) is 1. The first kappa shape index (κ1) is 17.2. The molecule has 0 bridgehead atoms. The summed E-state index contributed by atoms with van der Waals surface area (Å²) in [5.41, 5.74) is 6.97. The Bertz CT molecular complexity index is 704. The van der Waals surface area contributed by atoms with Gasteiger partial charge in [0.1, 0.15) is 0 Å². The summed E-state index contributed by atoms with van der Waals surface area (Å²) in [4.78, 5) is 25.4. The Morgan fingerprint density at radius 3 is 2.52 bits per heavy atom. The van der Waals surface area contributed by atoms with Gasteiger partial charge in [-0.1, -0.05) is 12.1 Å². The first-order valence-corrected chi connectivity index (χ1v) is 8.48. The normalized spacial score (nSPS) is 15.8. The maximum absolute atomic E-state index is 12.4. The van der Waals surface area contributed by atoms with Crippen molar-refractivity contribution in [2.24, 2.45) is 5.73 Å². The second-order valence-corrected chi connectivity index (χ2v) is 6.39. The van der Waals surface area contributed by atoms with Crippen LogP contribution in [0.25, 0.3) is 0 Å². The van der Waals surface area contributed by atoms with Crippen LogP contribution in [0.2, 0.25) is 0 Å². The van der Waals surface area contributed by atoms with Crippen molar-refractivity contribution in [3.05, 3.63) is 53.9 Å². The lowest BCUT2D eigenvalue weighted by molar-refractivity contribution is -0.119. The highest BCUT2D eigenvalue weighted by atomic mass is 16.2. The molecule has 0 aliphatic carbocycles. The number of carbonyl (C=O) groups excluding carboxylic acids is 2. The fourth-order valence-electron chi connectivity index (χ4n) is 3.07. The molecule has 132 valence electrons. The van der Waals surface area contributed by atoms with Gasteiger partial charge in [0, 0.05) is 37.1 Å². The molecule has 1 fully saturated rings. The largest absolute Gasteiger partial charge is 0.369 e. The topological polar surface area (TPSA) is 93.3 Å². The number of primary amides is 1. The van der Waals surface area contributed by atoms with Crippen LogP contribution in [-0.4, -0.2) is 52.2 Å². The maximum atomic E-state index is 12.4. The van der Waals surface area contributed by atoms with Gasteiger partial charge in [-0.2, -0.15) is 5.10 Å². The van der Waals surface area contributed by atoms with Gasteiger partial charge in [-0.05, 0) is 36.6 Å². The van der Waals surface area contributed by atoms with E-state index in [-0.39, 0.29) is 17.9 Å². The molecule has 1 saturated heterocycles. The fraction of sp³-hybridized carbons (Fsp3) is 0.389. The molecule has 1 aromatic heterocycles. The highest BCUT2D eigenvalue weighted by Crippen LogP contribution is 2.12. The minimum Gasteiger partial charge on any atom is -0.369 e. The minimum atomic E-state index is -0.308. The number of amides is 2. The Balaban J connectivity index is 1.49. The van der Waals surface area contributed by atoms with Crippen LogP contribution >= 0.6 is 0 Å². The first-order chi connectivity index (χ1) is 12.1. The highest BCUT2D eigenvalue weighted by molar-refractivity contribution is 5.94. The summed E-state index contributed by atoms with van der Waals surface area (Å²) in [6, 6.07) is 9.61. The van der Waals surface area contributed by atoms with Crippen LogP contribution in [0.3, 0.4) is 0 Å². The first-order valence-electron chi connectivity index (χ1n) is 8.48. The van der Waals surface area contributed by atoms with Gasteiger partial charge in [-0.3, -0.25) is 19.2 Å². The molecule has 7 nitrogen and oxygen atoms in total. The molecule has 2 amide bonds. The Labute approximate surface area is 146 Å². The second-order valence-electron chi connectivity index (χ2n) is 6.39. The van der Waals surface area contributed by atoms with E-state index in [4.69, 9.17) is 5.73 Å². The summed E-state index contributed by atoms with van der Waals surface area (Å²) in [5, 5.41) is 7.25. The lowest BCUT2D eigenvalue weighted by Crippen LogP contribution is -2.46. The number of carbonyl (C=O) groups is 2. The third-order valence-electron chi connectivity index (χ3n) is 4.42. The molecule has 1 aromatic carbocycles. The van der Waals surface area contributed by atoms with Crippen molar-refractivity contribution in [2.45, 2.75) is 25.4 Å². The van der Waals surface area contributed by atoms with Gasteiger partial charge in [0.05, 0.1) is 13.1 Å². The summed E-state index contributed by atoms with van der Waals surface area (Å²) in [6.07, 6.45) is 5.31. The van der Waals surface area contributed by atoms with Crippen molar-refractivity contribution in [3.8, 4) is 0 Å². The predicted molar refractivity (Wildman–Crippen MR) is 93.9 cm³/mol. The lowest BCUT2D eigenvalue weighted by Gasteiger charge is -2.31. The summed E-state index contributed by atoms with van der Waals surface area (Å²) in [5.74, 6) is -0.364. The van der Waals surface area contributed by atoms with Crippen molar-refractivity contribution in [1.29, 1.82) is 0 Å². The van der Waals surface area contributed by atoms with Crippen LogP contribution in [0.5, 0.6) is 0 Å². The van der Waals surface area contributed by atoms with Crippen molar-refractivity contribution >= 4 is 11.8 Å². The Kier molecular flexibility index (Phi) is 5.45. The number of hydrogen-bond donors (Lipinski definition) is 2. The smallest absolute Gasteiger partial charge is 0.251 e. The molecule has 1 aliphatic heterocycles. The molecule has 2 heterocycles. The number of piperidine rings is 1. The van der Waals surface area contributed by atoms with Gasteiger partial charge in [-0.25, -0.2) is 0 Å². The number of hydrogen-bond acceptors (Lipinski definition) is 4. The highest BCUT2D eigenvalue weighted by Gasteiger charge is 2.21. The number of nitrogens with one attached hydrogen (secondary N) is 1. The van der Waals surface area contributed by atoms with Crippen molar-refractivity contribution in [2.75, 3.05) is 19.6 Å². The SMILES string of the molecule is NC(=O)CN1CCC(NC(=O)c2ccc(Cn3cccn3)cc2)CC1. The summed E-state index contributed by atoms with van der Waals surface area (Å²) < 4.78 is 1.84. The van der Waals surface area contributed by atoms with E-state index in [0.29, 0.717) is 18.7 Å². The van der Waals surface area contributed by atoms with E-state index in [0.717, 1.165) is 31.5 Å². The molecule has 2 aromatic rings. The van der Waals surface area contributed by atoms with E-state index >= 15 is 0 Å². The van der Waals surface area contributed by atoms with Crippen LogP contribution < -0.4 is 11.1 Å². The molecule has 3 N–H and O–H groups in total. The quantitative estimate of drug-likeness (QED) is 0.805. The Morgan fingerprint density at radius 2 is 1.92 bits per heavy atom. The average molecular weight is 341 g/mol. The van der Waals surface area contributed by atoms with E-state index in [2.05, 4.69) is 10.4 Å². The van der Waals surface area contributed by atoms with E-state index in [1.54, 1.807) is 6.20 Å². The van der Waals surface area contributed by atoms with Crippen molar-refractivity contribution in [3.63, 3.8) is 0 Å². The molecule has 7 heteroatoms. The van der Waals surface area contributed by atoms with Gasteiger partial charge < -0.3 is 11.1 Å². The van der Waals surface area contributed by atoms with Crippen LogP contribution in [0.4, 0.5) is 0 Å². The maximum Gasteiger partial charge on any atom is 0.251 e. The third-order valence-corrected chi connectivity index (χ3v) is 4.42. The molecule has 0 saturated carbocycles. The van der Waals surface area contributed by atoms with Crippen LogP contribution in [0.15, 0.2) is 42.7 Å². The standard InChI is InChI=1S/C18H23N5O2/c19-17(24)13-22-10-6-16(7-11-22)21-18(25)15-4-2-14(3-5-15)12-23-9-1-8-20-23/h1-5,8-9,16H,6-7,10-13H2,(H2,19,24)(H,21,25). The molecule has 0 radical (unpaired) electrons. The zero-order chi connectivity index (χ0) is 17.6. The Hall–Kier alpha value is -2.67. The average Bonchev–Trinajstić information content (AvgIpc) is 3.10. The Morgan fingerprint density at radius 1 is 1.20 bits per heavy atom. The van der Waals surface area contributed by atoms with E-state index in [1.807, 2.05) is 46.1 Å². The number of likely N-dealkylation sites (tertiary alicyclic amines) is 1. The van der Waals surface area contributed by atoms with E-state index in [9.17, 15) is 9.59 Å². The number of benzene rings is 1. The third kappa shape index (κ3) is 4.90. The monoisotopic (exact) mass is 341 g/mol. The van der Waals surface area contributed by atoms with Gasteiger partial charge in [0.2, 0.25) is 5.91 Å². The molecular weight excluding hydrogens is 318 g/mol. The van der Waals surface area contributed by atoms with Gasteiger partial charge in [-0.15, -0.1) is 0 Å². The van der Waals surface area contributed by atoms with Gasteiger partial charge >= 0.3 is 0 Å². The molecule has 0 spiro atoms. The zero-order valence-electron chi connectivity index (χ0n) is 14.1. The molecule has 3 rings (SSSR count). The number of rotatable bonds is 6. The summed E-state index contributed by atoms with van der Waals surface area (Å²) in [7, 11) is 0. The van der Waals surface area contributed by atoms with Gasteiger partial charge in [0.25, 0.3) is 5.91 Å². The molecular formula is C18H23N5O2. The summed E-state index contributed by atoms with van der Waals surface area (Å²) >= 11 is 0. The van der Waals surface area contributed by atoms with Crippen molar-refractivity contribution in [1.82, 2.24) is 20.0 Å². The fourth-order valence-corrected chi connectivity index (χ4v) is 3.07. The molecule has 0 atom stereocenters. The van der Waals surface area contributed by atoms with E-state index in [1.165, 1.54) is 0 Å². The number of nitrogens with zero attached hydrogens (tertiary/aromatic N) is 3. The second kappa shape index (κ2) is 7.94. The van der Waals surface area contributed by atoms with Crippen LogP contribution in [0.1, 0.15) is 28.8 Å². The van der Waals surface area contributed by atoms with Gasteiger partial charge in [0.15, 0.2) is 0 Å².